The highest BCUT2D eigenvalue weighted by Crippen LogP contribution is 1.93. The van der Waals surface area contributed by atoms with Crippen molar-refractivity contribution in [2.45, 2.75) is 12.8 Å². The molecule has 8 heavy (non-hydrogen) atoms. The summed E-state index contributed by atoms with van der Waals surface area (Å²) in [6.45, 7) is 0.888. The van der Waals surface area contributed by atoms with Crippen molar-refractivity contribution < 1.29 is 4.79 Å². The molecule has 1 saturated heterocycles. The van der Waals surface area contributed by atoms with Crippen LogP contribution < -0.4 is 5.32 Å². The van der Waals surface area contributed by atoms with Crippen LogP contribution in [0, 0.1) is 0 Å². The summed E-state index contributed by atoms with van der Waals surface area (Å²) >= 11 is 6.44. The van der Waals surface area contributed by atoms with Gasteiger partial charge in [0.25, 0.3) is 0 Å². The van der Waals surface area contributed by atoms with Crippen molar-refractivity contribution in [2.75, 3.05) is 6.54 Å². The van der Waals surface area contributed by atoms with Crippen LogP contribution in [0.1, 0.15) is 12.8 Å². The number of thiol groups is 2. The van der Waals surface area contributed by atoms with Crippen molar-refractivity contribution in [3.8, 4) is 0 Å². The van der Waals surface area contributed by atoms with Gasteiger partial charge in [0.1, 0.15) is 0 Å². The second kappa shape index (κ2) is 5.31. The molecule has 1 N–H and O–H groups in total. The lowest BCUT2D eigenvalue weighted by Gasteiger charge is -1.80. The van der Waals surface area contributed by atoms with Gasteiger partial charge in [0, 0.05) is 13.0 Å². The zero-order chi connectivity index (χ0) is 6.41. The Kier molecular flexibility index (Phi) is 5.42. The van der Waals surface area contributed by atoms with E-state index in [1.54, 1.807) is 0 Å². The molecular weight excluding hydrogens is 142 g/mol. The highest BCUT2D eigenvalue weighted by Gasteiger charge is 2.05. The molecule has 1 fully saturated rings. The first kappa shape index (κ1) is 8.17. The largest absolute Gasteiger partial charge is 0.356 e. The van der Waals surface area contributed by atoms with E-state index in [0.717, 1.165) is 19.4 Å². The number of hydrogen-bond acceptors (Lipinski definition) is 3. The van der Waals surface area contributed by atoms with Gasteiger partial charge in [-0.1, -0.05) is 0 Å². The Balaban J connectivity index is 0.000000222. The molecule has 1 amide bonds. The molecule has 48 valence electrons. The summed E-state index contributed by atoms with van der Waals surface area (Å²) in [5, 5.41) is 2.68. The average molecular weight is 151 g/mol. The monoisotopic (exact) mass is 151 g/mol. The highest BCUT2D eigenvalue weighted by atomic mass is 33.1. The molecular formula is C4H9NOS2. The van der Waals surface area contributed by atoms with E-state index in [1.165, 1.54) is 0 Å². The maximum atomic E-state index is 10.1. The fraction of sp³-hybridized carbons (Fsp3) is 0.750. The third kappa shape index (κ3) is 3.21. The predicted octanol–water partition coefficient (Wildman–Crippen LogP) is 0.657. The number of carbonyl (C=O) groups is 1. The highest BCUT2D eigenvalue weighted by molar-refractivity contribution is 8.59. The molecule has 0 aromatic carbocycles. The molecule has 1 heterocycles. The molecule has 0 aromatic rings. The Morgan fingerprint density at radius 1 is 1.50 bits per heavy atom. The quantitative estimate of drug-likeness (QED) is 0.344. The molecule has 0 spiro atoms. The van der Waals surface area contributed by atoms with Crippen LogP contribution in [0.4, 0.5) is 0 Å². The number of hydrogen-bond donors (Lipinski definition) is 3. The average Bonchev–Trinajstić information content (AvgIpc) is 2.24. The summed E-state index contributed by atoms with van der Waals surface area (Å²) in [4.78, 5) is 10.1. The zero-order valence-electron chi connectivity index (χ0n) is 4.42. The normalized spacial score (nSPS) is 16.5. The Hall–Kier alpha value is 0.170. The van der Waals surface area contributed by atoms with E-state index in [-0.39, 0.29) is 5.91 Å². The standard InChI is InChI=1S/C4H7NO.H2S2/c6-4-2-1-3-5-4;1-2/h1-3H2,(H,5,6);1-2H. The van der Waals surface area contributed by atoms with Gasteiger partial charge in [-0.2, -0.15) is 0 Å². The molecule has 0 atom stereocenters. The molecule has 1 aliphatic rings. The number of nitrogens with one attached hydrogen (secondary N) is 1. The van der Waals surface area contributed by atoms with Gasteiger partial charge in [0.15, 0.2) is 0 Å². The van der Waals surface area contributed by atoms with Crippen molar-refractivity contribution in [1.29, 1.82) is 0 Å². The summed E-state index contributed by atoms with van der Waals surface area (Å²) in [7, 11) is 0. The van der Waals surface area contributed by atoms with Gasteiger partial charge in [-0.05, 0) is 6.42 Å². The van der Waals surface area contributed by atoms with Crippen molar-refractivity contribution in [3.63, 3.8) is 0 Å². The van der Waals surface area contributed by atoms with Gasteiger partial charge >= 0.3 is 0 Å². The van der Waals surface area contributed by atoms with Crippen molar-refractivity contribution >= 4 is 29.2 Å². The van der Waals surface area contributed by atoms with Crippen LogP contribution in [0.15, 0.2) is 0 Å². The van der Waals surface area contributed by atoms with Crippen LogP contribution in [-0.2, 0) is 4.79 Å². The first-order valence-electron chi connectivity index (χ1n) is 2.36. The summed E-state index contributed by atoms with van der Waals surface area (Å²) in [5.74, 6) is 0.204. The topological polar surface area (TPSA) is 29.1 Å². The SMILES string of the molecule is O=C1CCCN1.SS. The Morgan fingerprint density at radius 3 is 2.25 bits per heavy atom. The smallest absolute Gasteiger partial charge is 0.220 e. The second-order valence-corrected chi connectivity index (χ2v) is 1.45. The van der Waals surface area contributed by atoms with Crippen molar-refractivity contribution in [1.82, 2.24) is 5.32 Å². The van der Waals surface area contributed by atoms with Crippen molar-refractivity contribution in [3.05, 3.63) is 0 Å². The first-order valence-corrected chi connectivity index (χ1v) is 3.96. The fourth-order valence-corrected chi connectivity index (χ4v) is 0.565. The van der Waals surface area contributed by atoms with Gasteiger partial charge in [0.2, 0.25) is 5.91 Å². The van der Waals surface area contributed by atoms with E-state index in [0.29, 0.717) is 0 Å². The molecule has 0 aromatic heterocycles. The Morgan fingerprint density at radius 2 is 2.12 bits per heavy atom. The molecule has 0 saturated carbocycles. The zero-order valence-corrected chi connectivity index (χ0v) is 6.21. The molecule has 0 bridgehead atoms. The molecule has 0 radical (unpaired) electrons. The molecule has 2 nitrogen and oxygen atoms in total. The van der Waals surface area contributed by atoms with E-state index in [2.05, 4.69) is 28.6 Å². The van der Waals surface area contributed by atoms with Crippen LogP contribution in [0.5, 0.6) is 0 Å². The van der Waals surface area contributed by atoms with E-state index in [1.807, 2.05) is 0 Å². The van der Waals surface area contributed by atoms with Gasteiger partial charge in [-0.25, -0.2) is 0 Å². The molecule has 0 aliphatic carbocycles. The van der Waals surface area contributed by atoms with E-state index in [9.17, 15) is 4.79 Å². The number of carbonyl (C=O) groups excluding carboxylic acids is 1. The first-order chi connectivity index (χ1) is 3.89. The molecule has 1 aliphatic heterocycles. The Bertz CT molecular complexity index is 68.4. The summed E-state index contributed by atoms with van der Waals surface area (Å²) in [6.07, 6.45) is 1.76. The lowest BCUT2D eigenvalue weighted by atomic mass is 10.4. The van der Waals surface area contributed by atoms with Gasteiger partial charge in [-0.15, -0.1) is 23.3 Å². The minimum Gasteiger partial charge on any atom is -0.356 e. The summed E-state index contributed by atoms with van der Waals surface area (Å²) in [6, 6.07) is 0. The van der Waals surface area contributed by atoms with Gasteiger partial charge in [-0.3, -0.25) is 4.79 Å². The van der Waals surface area contributed by atoms with Gasteiger partial charge < -0.3 is 5.32 Å². The van der Waals surface area contributed by atoms with Crippen LogP contribution in [-0.4, -0.2) is 12.5 Å². The molecule has 4 heteroatoms. The van der Waals surface area contributed by atoms with E-state index in [4.69, 9.17) is 0 Å². The van der Waals surface area contributed by atoms with Crippen LogP contribution in [0.3, 0.4) is 0 Å². The Labute approximate surface area is 59.3 Å². The summed E-state index contributed by atoms with van der Waals surface area (Å²) < 4.78 is 0. The number of amides is 1. The van der Waals surface area contributed by atoms with Gasteiger partial charge in [0.05, 0.1) is 0 Å². The summed E-state index contributed by atoms with van der Waals surface area (Å²) in [5.41, 5.74) is 0. The fourth-order valence-electron chi connectivity index (χ4n) is 0.565. The second-order valence-electron chi connectivity index (χ2n) is 1.45. The van der Waals surface area contributed by atoms with Crippen LogP contribution >= 0.6 is 23.3 Å². The minimum atomic E-state index is 0.204. The maximum Gasteiger partial charge on any atom is 0.220 e. The third-order valence-corrected chi connectivity index (χ3v) is 0.903. The molecule has 1 rings (SSSR count). The number of rotatable bonds is 0. The molecule has 0 unspecified atom stereocenters. The third-order valence-electron chi connectivity index (χ3n) is 0.903. The minimum absolute atomic E-state index is 0.204. The van der Waals surface area contributed by atoms with Crippen molar-refractivity contribution in [2.24, 2.45) is 0 Å². The van der Waals surface area contributed by atoms with E-state index < -0.39 is 0 Å². The van der Waals surface area contributed by atoms with E-state index >= 15 is 0 Å². The predicted molar refractivity (Wildman–Crippen MR) is 40.2 cm³/mol. The lowest BCUT2D eigenvalue weighted by Crippen LogP contribution is -2.12. The van der Waals surface area contributed by atoms with Crippen LogP contribution in [0.25, 0.3) is 0 Å². The maximum absolute atomic E-state index is 10.1. The lowest BCUT2D eigenvalue weighted by molar-refractivity contribution is -0.119. The van der Waals surface area contributed by atoms with Crippen LogP contribution in [0.2, 0.25) is 0 Å².